The molecular weight excluding hydrogens is 328 g/mol. The van der Waals surface area contributed by atoms with Gasteiger partial charge in [0, 0.05) is 44.4 Å². The highest BCUT2D eigenvalue weighted by Gasteiger charge is 2.25. The average Bonchev–Trinajstić information content (AvgIpc) is 2.69. The number of rotatable bonds is 6. The molecule has 6 nitrogen and oxygen atoms in total. The van der Waals surface area contributed by atoms with Crippen LogP contribution in [0.3, 0.4) is 0 Å². The third kappa shape index (κ3) is 4.71. The van der Waals surface area contributed by atoms with Gasteiger partial charge < -0.3 is 15.0 Å². The first-order valence-corrected chi connectivity index (χ1v) is 9.24. The number of carbonyl (C=O) groups excluding carboxylic acids is 1. The number of pyridine rings is 2. The molecule has 1 amide bonds. The minimum Gasteiger partial charge on any atom is -0.489 e. The highest BCUT2D eigenvalue weighted by Crippen LogP contribution is 2.19. The maximum atomic E-state index is 12.7. The fraction of sp³-hybridized carbons (Fsp3) is 0.450. The maximum absolute atomic E-state index is 12.7. The van der Waals surface area contributed by atoms with E-state index in [9.17, 15) is 4.79 Å². The van der Waals surface area contributed by atoms with E-state index in [4.69, 9.17) is 4.74 Å². The van der Waals surface area contributed by atoms with Crippen LogP contribution in [0, 0.1) is 0 Å². The number of hydrogen-bond donors (Lipinski definition) is 1. The minimum absolute atomic E-state index is 0.0346. The fourth-order valence-electron chi connectivity index (χ4n) is 2.93. The van der Waals surface area contributed by atoms with Crippen molar-refractivity contribution < 1.29 is 9.53 Å². The van der Waals surface area contributed by atoms with Gasteiger partial charge in [-0.05, 0) is 37.6 Å². The van der Waals surface area contributed by atoms with Gasteiger partial charge in [-0.25, -0.2) is 4.98 Å². The first-order valence-electron chi connectivity index (χ1n) is 9.24. The zero-order chi connectivity index (χ0) is 18.4. The summed E-state index contributed by atoms with van der Waals surface area (Å²) >= 11 is 0. The van der Waals surface area contributed by atoms with E-state index < -0.39 is 0 Å². The van der Waals surface area contributed by atoms with Crippen molar-refractivity contribution in [2.24, 2.45) is 0 Å². The molecule has 0 spiro atoms. The van der Waals surface area contributed by atoms with Gasteiger partial charge >= 0.3 is 0 Å². The molecule has 2 aromatic heterocycles. The Bertz CT molecular complexity index is 698. The molecule has 1 aliphatic heterocycles. The van der Waals surface area contributed by atoms with E-state index in [1.165, 1.54) is 0 Å². The standard InChI is InChI=1S/C20H26N4O2/c1-3-15(2)23-19-7-6-16(13-22-19)20(25)24-11-8-17(9-12-24)26-18-5-4-10-21-14-18/h4-7,10,13-15,17H,3,8-9,11-12H2,1-2H3,(H,22,23)/t15-/m1/s1. The van der Waals surface area contributed by atoms with E-state index in [0.29, 0.717) is 24.7 Å². The number of nitrogens with one attached hydrogen (secondary N) is 1. The number of amides is 1. The van der Waals surface area contributed by atoms with Crippen LogP contribution in [0.15, 0.2) is 42.9 Å². The Morgan fingerprint density at radius 1 is 1.31 bits per heavy atom. The van der Waals surface area contributed by atoms with E-state index in [2.05, 4.69) is 29.1 Å². The van der Waals surface area contributed by atoms with Crippen molar-refractivity contribution >= 4 is 11.7 Å². The summed E-state index contributed by atoms with van der Waals surface area (Å²) in [6, 6.07) is 7.85. The molecule has 1 saturated heterocycles. The summed E-state index contributed by atoms with van der Waals surface area (Å²) in [6.07, 6.45) is 7.90. The van der Waals surface area contributed by atoms with Crippen LogP contribution >= 0.6 is 0 Å². The molecule has 1 N–H and O–H groups in total. The predicted molar refractivity (Wildman–Crippen MR) is 101 cm³/mol. The molecule has 3 rings (SSSR count). The number of carbonyl (C=O) groups is 1. The first-order chi connectivity index (χ1) is 12.7. The Kier molecular flexibility index (Phi) is 6.04. The summed E-state index contributed by atoms with van der Waals surface area (Å²) in [5, 5.41) is 3.31. The van der Waals surface area contributed by atoms with Crippen LogP contribution in [0.25, 0.3) is 0 Å². The molecule has 1 atom stereocenters. The van der Waals surface area contributed by atoms with Crippen molar-refractivity contribution in [3.63, 3.8) is 0 Å². The van der Waals surface area contributed by atoms with Crippen LogP contribution < -0.4 is 10.1 Å². The van der Waals surface area contributed by atoms with Gasteiger partial charge in [0.25, 0.3) is 5.91 Å². The number of piperidine rings is 1. The molecule has 0 radical (unpaired) electrons. The fourth-order valence-corrected chi connectivity index (χ4v) is 2.93. The number of nitrogens with zero attached hydrogens (tertiary/aromatic N) is 3. The van der Waals surface area contributed by atoms with E-state index in [1.807, 2.05) is 29.2 Å². The third-order valence-electron chi connectivity index (χ3n) is 4.68. The molecule has 0 saturated carbocycles. The summed E-state index contributed by atoms with van der Waals surface area (Å²) < 4.78 is 5.93. The summed E-state index contributed by atoms with van der Waals surface area (Å²) in [5.41, 5.74) is 0.631. The van der Waals surface area contributed by atoms with E-state index in [-0.39, 0.29) is 12.0 Å². The predicted octanol–water partition coefficient (Wildman–Crippen LogP) is 3.37. The third-order valence-corrected chi connectivity index (χ3v) is 4.68. The van der Waals surface area contributed by atoms with Crippen molar-refractivity contribution in [2.75, 3.05) is 18.4 Å². The van der Waals surface area contributed by atoms with Crippen LogP contribution in [-0.2, 0) is 0 Å². The molecule has 2 aromatic rings. The maximum Gasteiger partial charge on any atom is 0.255 e. The quantitative estimate of drug-likeness (QED) is 0.861. The van der Waals surface area contributed by atoms with Crippen molar-refractivity contribution in [1.29, 1.82) is 0 Å². The molecule has 0 aromatic carbocycles. The number of anilines is 1. The molecular formula is C20H26N4O2. The number of ether oxygens (including phenoxy) is 1. The Labute approximate surface area is 154 Å². The molecule has 0 unspecified atom stereocenters. The second-order valence-corrected chi connectivity index (χ2v) is 6.68. The number of aromatic nitrogens is 2. The van der Waals surface area contributed by atoms with Crippen molar-refractivity contribution in [3.8, 4) is 5.75 Å². The SMILES string of the molecule is CC[C@@H](C)Nc1ccc(C(=O)N2CCC(Oc3cccnc3)CC2)cn1. The molecule has 1 fully saturated rings. The Morgan fingerprint density at radius 3 is 2.73 bits per heavy atom. The van der Waals surface area contributed by atoms with Crippen molar-refractivity contribution in [1.82, 2.24) is 14.9 Å². The monoisotopic (exact) mass is 354 g/mol. The second kappa shape index (κ2) is 8.65. The lowest BCUT2D eigenvalue weighted by Gasteiger charge is -2.32. The van der Waals surface area contributed by atoms with Gasteiger partial charge in [-0.2, -0.15) is 0 Å². The topological polar surface area (TPSA) is 67.4 Å². The van der Waals surface area contributed by atoms with E-state index >= 15 is 0 Å². The summed E-state index contributed by atoms with van der Waals surface area (Å²) in [5.74, 6) is 1.62. The molecule has 3 heterocycles. The molecule has 0 aliphatic carbocycles. The van der Waals surface area contributed by atoms with Crippen LogP contribution in [0.2, 0.25) is 0 Å². The highest BCUT2D eigenvalue weighted by atomic mass is 16.5. The molecule has 138 valence electrons. The van der Waals surface area contributed by atoms with Crippen LogP contribution in [0.1, 0.15) is 43.5 Å². The van der Waals surface area contributed by atoms with Crippen LogP contribution in [0.5, 0.6) is 5.75 Å². The van der Waals surface area contributed by atoms with E-state index in [1.54, 1.807) is 18.6 Å². The van der Waals surface area contributed by atoms with Gasteiger partial charge in [-0.3, -0.25) is 9.78 Å². The van der Waals surface area contributed by atoms with Crippen molar-refractivity contribution in [2.45, 2.75) is 45.3 Å². The Balaban J connectivity index is 1.51. The van der Waals surface area contributed by atoms with Gasteiger partial charge in [-0.1, -0.05) is 6.92 Å². The smallest absolute Gasteiger partial charge is 0.255 e. The minimum atomic E-state index is 0.0346. The Hall–Kier alpha value is -2.63. The zero-order valence-corrected chi connectivity index (χ0v) is 15.4. The van der Waals surface area contributed by atoms with Gasteiger partial charge in [0.15, 0.2) is 0 Å². The van der Waals surface area contributed by atoms with E-state index in [0.717, 1.165) is 30.8 Å². The largest absolute Gasteiger partial charge is 0.489 e. The lowest BCUT2D eigenvalue weighted by atomic mass is 10.1. The lowest BCUT2D eigenvalue weighted by Crippen LogP contribution is -2.41. The molecule has 6 heteroatoms. The van der Waals surface area contributed by atoms with Crippen LogP contribution in [-0.4, -0.2) is 46.0 Å². The summed E-state index contributed by atoms with van der Waals surface area (Å²) in [7, 11) is 0. The van der Waals surface area contributed by atoms with Gasteiger partial charge in [0.2, 0.25) is 0 Å². The number of likely N-dealkylation sites (tertiary alicyclic amines) is 1. The molecule has 1 aliphatic rings. The van der Waals surface area contributed by atoms with Crippen molar-refractivity contribution in [3.05, 3.63) is 48.4 Å². The highest BCUT2D eigenvalue weighted by molar-refractivity contribution is 5.94. The van der Waals surface area contributed by atoms with Gasteiger partial charge in [0.05, 0.1) is 11.8 Å². The summed E-state index contributed by atoms with van der Waals surface area (Å²) in [4.78, 5) is 23.0. The molecule has 26 heavy (non-hydrogen) atoms. The molecule has 0 bridgehead atoms. The first kappa shape index (κ1) is 18.2. The van der Waals surface area contributed by atoms with Gasteiger partial charge in [0.1, 0.15) is 17.7 Å². The number of hydrogen-bond acceptors (Lipinski definition) is 5. The Morgan fingerprint density at radius 2 is 2.12 bits per heavy atom. The summed E-state index contributed by atoms with van der Waals surface area (Å²) in [6.45, 7) is 5.61. The zero-order valence-electron chi connectivity index (χ0n) is 15.4. The van der Waals surface area contributed by atoms with Crippen LogP contribution in [0.4, 0.5) is 5.82 Å². The normalized spacial score (nSPS) is 16.2. The lowest BCUT2D eigenvalue weighted by molar-refractivity contribution is 0.0594. The second-order valence-electron chi connectivity index (χ2n) is 6.68. The van der Waals surface area contributed by atoms with Gasteiger partial charge in [-0.15, -0.1) is 0 Å². The average molecular weight is 354 g/mol.